The lowest BCUT2D eigenvalue weighted by Gasteiger charge is -2.43. The monoisotopic (exact) mass is 597 g/mol. The number of nitrogens with one attached hydrogen (secondary N) is 2. The van der Waals surface area contributed by atoms with Crippen molar-refractivity contribution in [2.75, 3.05) is 33.8 Å². The highest BCUT2D eigenvalue weighted by Gasteiger charge is 2.44. The van der Waals surface area contributed by atoms with Crippen molar-refractivity contribution < 1.29 is 32.6 Å². The molecule has 2 amide bonds. The lowest BCUT2D eigenvalue weighted by Crippen LogP contribution is -2.48. The van der Waals surface area contributed by atoms with Crippen molar-refractivity contribution in [1.82, 2.24) is 15.5 Å². The fourth-order valence-corrected chi connectivity index (χ4v) is 5.90. The molecule has 1 heterocycles. The molecule has 0 bridgehead atoms. The fourth-order valence-electron chi connectivity index (χ4n) is 5.90. The Bertz CT molecular complexity index is 1450. The van der Waals surface area contributed by atoms with Gasteiger partial charge in [0.15, 0.2) is 0 Å². The first-order chi connectivity index (χ1) is 20.6. The number of alkyl carbamates (subject to hydrolysis) is 1. The summed E-state index contributed by atoms with van der Waals surface area (Å²) in [7, 11) is 3.06. The van der Waals surface area contributed by atoms with Crippen LogP contribution in [-0.2, 0) is 16.9 Å². The van der Waals surface area contributed by atoms with E-state index in [2.05, 4.69) is 15.4 Å². The SMILES string of the molecule is CNCc1ccc(C(=O)N2CCCC(C(O)(CCCNC(=O)OC)c3cc(F)cc(F)c3-c3cc(C)ccc3F)C2)cc1. The van der Waals surface area contributed by atoms with Crippen LogP contribution in [0.15, 0.2) is 54.6 Å². The van der Waals surface area contributed by atoms with E-state index in [1.807, 2.05) is 19.2 Å². The van der Waals surface area contributed by atoms with Crippen LogP contribution in [0.25, 0.3) is 11.1 Å². The van der Waals surface area contributed by atoms with E-state index in [0.717, 1.165) is 11.6 Å². The topological polar surface area (TPSA) is 90.9 Å². The Kier molecular flexibility index (Phi) is 10.5. The standard InChI is InChI=1S/C33H38F3N3O4/c1-21-7-12-28(35)26(16-21)30-27(17-25(34)18-29(30)36)33(42,13-5-14-38-32(41)43-3)24-6-4-15-39(20-24)31(40)23-10-8-22(9-11-23)19-37-2/h7-12,16-18,24,37,42H,4-6,13-15,19-20H2,1-3H3,(H,38,41). The first-order valence-corrected chi connectivity index (χ1v) is 14.4. The Balaban J connectivity index is 1.74. The third kappa shape index (κ3) is 7.37. The summed E-state index contributed by atoms with van der Waals surface area (Å²) in [6, 6.07) is 13.2. The normalized spacial score (nSPS) is 16.4. The molecule has 10 heteroatoms. The lowest BCUT2D eigenvalue weighted by molar-refractivity contribution is -0.0566. The van der Waals surface area contributed by atoms with E-state index in [1.165, 1.54) is 19.2 Å². The minimum absolute atomic E-state index is 0.0221. The van der Waals surface area contributed by atoms with Gasteiger partial charge in [-0.25, -0.2) is 18.0 Å². The number of halogens is 3. The predicted octanol–water partition coefficient (Wildman–Crippen LogP) is 5.67. The van der Waals surface area contributed by atoms with Gasteiger partial charge in [0.25, 0.3) is 5.91 Å². The van der Waals surface area contributed by atoms with Gasteiger partial charge in [-0.05, 0) is 81.1 Å². The van der Waals surface area contributed by atoms with E-state index in [1.54, 1.807) is 30.0 Å². The van der Waals surface area contributed by atoms with Gasteiger partial charge in [-0.15, -0.1) is 0 Å². The van der Waals surface area contributed by atoms with Crippen molar-refractivity contribution in [2.45, 2.75) is 44.8 Å². The van der Waals surface area contributed by atoms with Crippen LogP contribution in [0.5, 0.6) is 0 Å². The number of aryl methyl sites for hydroxylation is 1. The summed E-state index contributed by atoms with van der Waals surface area (Å²) in [5, 5.41) is 18.1. The number of ether oxygens (including phenoxy) is 1. The zero-order chi connectivity index (χ0) is 31.1. The van der Waals surface area contributed by atoms with E-state index in [9.17, 15) is 19.1 Å². The Hall–Kier alpha value is -3.89. The highest BCUT2D eigenvalue weighted by atomic mass is 19.1. The molecule has 3 aromatic carbocycles. The first-order valence-electron chi connectivity index (χ1n) is 14.4. The number of methoxy groups -OCH3 is 1. The zero-order valence-corrected chi connectivity index (χ0v) is 24.7. The van der Waals surface area contributed by atoms with Crippen molar-refractivity contribution in [3.05, 3.63) is 94.3 Å². The molecule has 2 unspecified atom stereocenters. The molecule has 0 aliphatic carbocycles. The quantitative estimate of drug-likeness (QED) is 0.262. The fraction of sp³-hybridized carbons (Fsp3) is 0.394. The molecule has 3 N–H and O–H groups in total. The number of amides is 2. The van der Waals surface area contributed by atoms with Crippen LogP contribution < -0.4 is 10.6 Å². The average Bonchev–Trinajstić information content (AvgIpc) is 3.00. The average molecular weight is 598 g/mol. The van der Waals surface area contributed by atoms with E-state index < -0.39 is 35.1 Å². The number of benzene rings is 3. The van der Waals surface area contributed by atoms with Crippen molar-refractivity contribution in [3.63, 3.8) is 0 Å². The zero-order valence-electron chi connectivity index (χ0n) is 24.7. The molecule has 1 aliphatic rings. The number of aliphatic hydroxyl groups is 1. The highest BCUT2D eigenvalue weighted by molar-refractivity contribution is 5.94. The molecule has 4 rings (SSSR count). The summed E-state index contributed by atoms with van der Waals surface area (Å²) < 4.78 is 50.2. The minimum atomic E-state index is -1.87. The molecule has 0 saturated carbocycles. The molecule has 1 aliphatic heterocycles. The van der Waals surface area contributed by atoms with Crippen LogP contribution in [0.2, 0.25) is 0 Å². The van der Waals surface area contributed by atoms with Crippen LogP contribution in [0, 0.1) is 30.3 Å². The second-order valence-electron chi connectivity index (χ2n) is 11.1. The number of carbonyl (C=O) groups is 2. The number of carbonyl (C=O) groups excluding carboxylic acids is 2. The Morgan fingerprint density at radius 3 is 2.51 bits per heavy atom. The van der Waals surface area contributed by atoms with Crippen molar-refractivity contribution in [1.29, 1.82) is 0 Å². The largest absolute Gasteiger partial charge is 0.453 e. The van der Waals surface area contributed by atoms with Gasteiger partial charge in [0.1, 0.15) is 17.5 Å². The summed E-state index contributed by atoms with van der Waals surface area (Å²) in [5.74, 6) is -3.49. The number of piperidine rings is 1. The summed E-state index contributed by atoms with van der Waals surface area (Å²) in [6.45, 7) is 3.07. The smallest absolute Gasteiger partial charge is 0.406 e. The maximum Gasteiger partial charge on any atom is 0.406 e. The number of hydrogen-bond donors (Lipinski definition) is 3. The molecular formula is C33H38F3N3O4. The maximum atomic E-state index is 15.6. The number of hydrogen-bond acceptors (Lipinski definition) is 5. The summed E-state index contributed by atoms with van der Waals surface area (Å²) >= 11 is 0. The molecule has 7 nitrogen and oxygen atoms in total. The second kappa shape index (κ2) is 14.1. The van der Waals surface area contributed by atoms with Crippen LogP contribution in [0.3, 0.4) is 0 Å². The molecule has 0 aromatic heterocycles. The van der Waals surface area contributed by atoms with E-state index in [4.69, 9.17) is 0 Å². The van der Waals surface area contributed by atoms with Gasteiger partial charge in [0.2, 0.25) is 0 Å². The third-order valence-electron chi connectivity index (χ3n) is 8.07. The number of likely N-dealkylation sites (tertiary alicyclic amines) is 1. The van der Waals surface area contributed by atoms with E-state index in [-0.39, 0.29) is 48.5 Å². The van der Waals surface area contributed by atoms with Gasteiger partial charge in [-0.2, -0.15) is 0 Å². The van der Waals surface area contributed by atoms with Crippen LogP contribution in [0.1, 0.15) is 52.7 Å². The molecule has 230 valence electrons. The van der Waals surface area contributed by atoms with E-state index >= 15 is 8.78 Å². The van der Waals surface area contributed by atoms with Crippen LogP contribution in [-0.4, -0.2) is 55.8 Å². The molecule has 3 aromatic rings. The van der Waals surface area contributed by atoms with Crippen molar-refractivity contribution >= 4 is 12.0 Å². The second-order valence-corrected chi connectivity index (χ2v) is 11.1. The van der Waals surface area contributed by atoms with Crippen LogP contribution >= 0.6 is 0 Å². The Morgan fingerprint density at radius 1 is 1.07 bits per heavy atom. The maximum absolute atomic E-state index is 15.6. The van der Waals surface area contributed by atoms with Crippen molar-refractivity contribution in [3.8, 4) is 11.1 Å². The highest BCUT2D eigenvalue weighted by Crippen LogP contribution is 2.45. The minimum Gasteiger partial charge on any atom is -0.453 e. The molecule has 0 radical (unpaired) electrons. The molecule has 1 saturated heterocycles. The van der Waals surface area contributed by atoms with Gasteiger partial charge in [-0.3, -0.25) is 4.79 Å². The Morgan fingerprint density at radius 2 is 1.81 bits per heavy atom. The van der Waals surface area contributed by atoms with Crippen LogP contribution in [0.4, 0.5) is 18.0 Å². The first kappa shape index (κ1) is 32.0. The van der Waals surface area contributed by atoms with Gasteiger partial charge in [-0.1, -0.05) is 23.8 Å². The predicted molar refractivity (Wildman–Crippen MR) is 158 cm³/mol. The number of rotatable bonds is 10. The van der Waals surface area contributed by atoms with Gasteiger partial charge in [0.05, 0.1) is 12.7 Å². The lowest BCUT2D eigenvalue weighted by atomic mass is 9.72. The van der Waals surface area contributed by atoms with Gasteiger partial charge < -0.3 is 25.4 Å². The molecule has 0 spiro atoms. The van der Waals surface area contributed by atoms with Crippen molar-refractivity contribution in [2.24, 2.45) is 5.92 Å². The summed E-state index contributed by atoms with van der Waals surface area (Å²) in [5.41, 5.74) is -0.115. The Labute approximate surface area is 250 Å². The number of nitrogens with zero attached hydrogens (tertiary/aromatic N) is 1. The molecule has 43 heavy (non-hydrogen) atoms. The summed E-state index contributed by atoms with van der Waals surface area (Å²) in [6.07, 6.45) is 0.545. The van der Waals surface area contributed by atoms with Gasteiger partial charge >= 0.3 is 6.09 Å². The van der Waals surface area contributed by atoms with Gasteiger partial charge in [0, 0.05) is 54.9 Å². The summed E-state index contributed by atoms with van der Waals surface area (Å²) in [4.78, 5) is 26.8. The molecule has 1 fully saturated rings. The molecule has 2 atom stereocenters. The third-order valence-corrected chi connectivity index (χ3v) is 8.07. The van der Waals surface area contributed by atoms with E-state index in [0.29, 0.717) is 43.1 Å². The molecular weight excluding hydrogens is 559 g/mol.